The number of benzene rings is 2. The third-order valence-electron chi connectivity index (χ3n) is 5.51. The van der Waals surface area contributed by atoms with Gasteiger partial charge in [0.05, 0.1) is 12.5 Å². The van der Waals surface area contributed by atoms with Crippen molar-refractivity contribution in [2.24, 2.45) is 0 Å². The summed E-state index contributed by atoms with van der Waals surface area (Å²) in [5.41, 5.74) is 3.78. The number of rotatable bonds is 11. The highest BCUT2D eigenvalue weighted by molar-refractivity contribution is 5.70. The van der Waals surface area contributed by atoms with Crippen LogP contribution in [-0.4, -0.2) is 28.6 Å². The number of hydrogen-bond acceptors (Lipinski definition) is 4. The van der Waals surface area contributed by atoms with Crippen molar-refractivity contribution in [3.05, 3.63) is 94.9 Å². The molecule has 5 nitrogen and oxygen atoms in total. The van der Waals surface area contributed by atoms with E-state index in [0.717, 1.165) is 40.9 Å². The first kappa shape index (κ1) is 23.4. The van der Waals surface area contributed by atoms with Crippen LogP contribution in [0.2, 0.25) is 0 Å². The monoisotopic (exact) mass is 435 g/mol. The second-order valence-corrected chi connectivity index (χ2v) is 7.96. The molecule has 0 aliphatic carbocycles. The quantitative estimate of drug-likeness (QED) is 0.399. The Morgan fingerprint density at radius 3 is 2.59 bits per heavy atom. The molecule has 3 rings (SSSR count). The summed E-state index contributed by atoms with van der Waals surface area (Å²) in [4.78, 5) is 15.5. The lowest BCUT2D eigenvalue weighted by atomic mass is 9.96. The zero-order valence-corrected chi connectivity index (χ0v) is 18.5. The van der Waals surface area contributed by atoms with Crippen molar-refractivity contribution in [3.8, 4) is 0 Å². The molecule has 0 saturated heterocycles. The van der Waals surface area contributed by atoms with Crippen LogP contribution in [-0.2, 0) is 17.6 Å². The number of halogens is 1. The van der Waals surface area contributed by atoms with Crippen LogP contribution in [0.5, 0.6) is 0 Å². The standard InChI is InChI=1S/C26H30FN3O2/c1-3-23(30-26-18(2)7-6-13-29-26)25(21-10-5-11-22(27)17-21)28-14-12-19-8-4-9-20(15-19)16-24(31)32/h4-11,13,15,17,23,25,28H,3,12,14,16H2,1-2H3,(H,29,30)(H,31,32)/t23-,25+/m1/s1. The first-order chi connectivity index (χ1) is 15.5. The number of aliphatic carboxylic acids is 1. The van der Waals surface area contributed by atoms with Crippen molar-refractivity contribution >= 4 is 11.8 Å². The van der Waals surface area contributed by atoms with E-state index in [1.165, 1.54) is 6.07 Å². The van der Waals surface area contributed by atoms with Crippen LogP contribution in [0.15, 0.2) is 66.9 Å². The average Bonchev–Trinajstić information content (AvgIpc) is 2.76. The Morgan fingerprint density at radius 2 is 1.88 bits per heavy atom. The Hall–Kier alpha value is -3.25. The van der Waals surface area contributed by atoms with Crippen molar-refractivity contribution in [3.63, 3.8) is 0 Å². The third kappa shape index (κ3) is 6.62. The van der Waals surface area contributed by atoms with Crippen LogP contribution in [0.4, 0.5) is 10.2 Å². The van der Waals surface area contributed by atoms with Crippen molar-refractivity contribution in [2.45, 2.75) is 45.2 Å². The topological polar surface area (TPSA) is 74.2 Å². The zero-order valence-electron chi connectivity index (χ0n) is 18.5. The van der Waals surface area contributed by atoms with E-state index in [1.807, 2.05) is 49.4 Å². The highest BCUT2D eigenvalue weighted by atomic mass is 19.1. The molecular formula is C26H30FN3O2. The second kappa shape index (κ2) is 11.4. The van der Waals surface area contributed by atoms with Gasteiger partial charge in [-0.2, -0.15) is 0 Å². The Bertz CT molecular complexity index is 1040. The lowest BCUT2D eigenvalue weighted by Crippen LogP contribution is -2.38. The molecule has 0 unspecified atom stereocenters. The molecule has 3 aromatic rings. The van der Waals surface area contributed by atoms with Crippen molar-refractivity contribution in [1.29, 1.82) is 0 Å². The summed E-state index contributed by atoms with van der Waals surface area (Å²) in [7, 11) is 0. The van der Waals surface area contributed by atoms with E-state index in [9.17, 15) is 9.18 Å². The predicted molar refractivity (Wildman–Crippen MR) is 125 cm³/mol. The molecule has 32 heavy (non-hydrogen) atoms. The van der Waals surface area contributed by atoms with Gasteiger partial charge in [0.1, 0.15) is 11.6 Å². The zero-order chi connectivity index (χ0) is 22.9. The summed E-state index contributed by atoms with van der Waals surface area (Å²) < 4.78 is 14.0. The molecule has 0 radical (unpaired) electrons. The summed E-state index contributed by atoms with van der Waals surface area (Å²) in [6.07, 6.45) is 3.33. The largest absolute Gasteiger partial charge is 0.481 e. The molecule has 0 aliphatic rings. The molecule has 1 heterocycles. The lowest BCUT2D eigenvalue weighted by Gasteiger charge is -2.30. The maximum absolute atomic E-state index is 14.0. The molecule has 2 atom stereocenters. The van der Waals surface area contributed by atoms with Crippen LogP contribution in [0.3, 0.4) is 0 Å². The second-order valence-electron chi connectivity index (χ2n) is 7.96. The number of carboxylic acid groups (broad SMARTS) is 1. The highest BCUT2D eigenvalue weighted by Crippen LogP contribution is 2.24. The minimum absolute atomic E-state index is 0.00347. The number of carbonyl (C=O) groups is 1. The van der Waals surface area contributed by atoms with Gasteiger partial charge in [-0.1, -0.05) is 49.4 Å². The van der Waals surface area contributed by atoms with Gasteiger partial charge in [0.25, 0.3) is 0 Å². The molecule has 0 fully saturated rings. The van der Waals surface area contributed by atoms with Gasteiger partial charge in [-0.15, -0.1) is 0 Å². The maximum atomic E-state index is 14.0. The van der Waals surface area contributed by atoms with E-state index in [2.05, 4.69) is 22.5 Å². The number of nitrogens with zero attached hydrogens (tertiary/aromatic N) is 1. The molecule has 6 heteroatoms. The first-order valence-corrected chi connectivity index (χ1v) is 10.9. The van der Waals surface area contributed by atoms with Crippen LogP contribution < -0.4 is 10.6 Å². The van der Waals surface area contributed by atoms with Crippen LogP contribution in [0, 0.1) is 12.7 Å². The number of anilines is 1. The van der Waals surface area contributed by atoms with E-state index in [-0.39, 0.29) is 24.3 Å². The number of nitrogens with one attached hydrogen (secondary N) is 2. The van der Waals surface area contributed by atoms with Gasteiger partial charge >= 0.3 is 5.97 Å². The summed E-state index contributed by atoms with van der Waals surface area (Å²) >= 11 is 0. The van der Waals surface area contributed by atoms with Gasteiger partial charge in [-0.3, -0.25) is 4.79 Å². The van der Waals surface area contributed by atoms with Crippen molar-refractivity contribution in [1.82, 2.24) is 10.3 Å². The van der Waals surface area contributed by atoms with Gasteiger partial charge in [-0.05, 0) is 66.8 Å². The summed E-state index contributed by atoms with van der Waals surface area (Å²) in [6.45, 7) is 4.77. The van der Waals surface area contributed by atoms with Crippen LogP contribution in [0.1, 0.15) is 41.6 Å². The summed E-state index contributed by atoms with van der Waals surface area (Å²) in [5.74, 6) is -0.281. The predicted octanol–water partition coefficient (Wildman–Crippen LogP) is 4.92. The SMILES string of the molecule is CC[C@@H](Nc1ncccc1C)[C@@H](NCCc1cccc(CC(=O)O)c1)c1cccc(F)c1. The minimum Gasteiger partial charge on any atom is -0.481 e. The van der Waals surface area contributed by atoms with E-state index in [4.69, 9.17) is 5.11 Å². The summed E-state index contributed by atoms with van der Waals surface area (Å²) in [5, 5.41) is 16.2. The molecule has 1 aromatic heterocycles. The molecule has 0 spiro atoms. The normalized spacial score (nSPS) is 12.8. The smallest absolute Gasteiger partial charge is 0.307 e. The van der Waals surface area contributed by atoms with Gasteiger partial charge in [0.15, 0.2) is 0 Å². The molecule has 2 aromatic carbocycles. The lowest BCUT2D eigenvalue weighted by molar-refractivity contribution is -0.136. The Labute approximate surface area is 188 Å². The van der Waals surface area contributed by atoms with E-state index < -0.39 is 5.97 Å². The van der Waals surface area contributed by atoms with Gasteiger partial charge in [0.2, 0.25) is 0 Å². The van der Waals surface area contributed by atoms with Crippen molar-refractivity contribution in [2.75, 3.05) is 11.9 Å². The third-order valence-corrected chi connectivity index (χ3v) is 5.51. The number of pyridine rings is 1. The van der Waals surface area contributed by atoms with Gasteiger partial charge < -0.3 is 15.7 Å². The van der Waals surface area contributed by atoms with Crippen LogP contribution in [0.25, 0.3) is 0 Å². The number of carboxylic acids is 1. The van der Waals surface area contributed by atoms with Gasteiger partial charge in [-0.25, -0.2) is 9.37 Å². The number of aromatic nitrogens is 1. The molecule has 0 saturated carbocycles. The highest BCUT2D eigenvalue weighted by Gasteiger charge is 2.22. The average molecular weight is 436 g/mol. The minimum atomic E-state index is -0.840. The van der Waals surface area contributed by atoms with Crippen LogP contribution >= 0.6 is 0 Å². The molecule has 0 aliphatic heterocycles. The van der Waals surface area contributed by atoms with E-state index in [1.54, 1.807) is 18.3 Å². The summed E-state index contributed by atoms with van der Waals surface area (Å²) in [6, 6.07) is 18.1. The fourth-order valence-electron chi connectivity index (χ4n) is 3.87. The molecule has 3 N–H and O–H groups in total. The van der Waals surface area contributed by atoms with Crippen molar-refractivity contribution < 1.29 is 14.3 Å². The fourth-order valence-corrected chi connectivity index (χ4v) is 3.87. The molecular weight excluding hydrogens is 405 g/mol. The molecule has 0 amide bonds. The fraction of sp³-hybridized carbons (Fsp3) is 0.308. The Kier molecular flexibility index (Phi) is 8.34. The number of aryl methyl sites for hydroxylation is 1. The Balaban J connectivity index is 1.76. The maximum Gasteiger partial charge on any atom is 0.307 e. The first-order valence-electron chi connectivity index (χ1n) is 10.9. The molecule has 168 valence electrons. The molecule has 0 bridgehead atoms. The van der Waals surface area contributed by atoms with E-state index in [0.29, 0.717) is 6.54 Å². The van der Waals surface area contributed by atoms with Gasteiger partial charge in [0, 0.05) is 12.2 Å². The Morgan fingerprint density at radius 1 is 1.09 bits per heavy atom. The number of hydrogen-bond donors (Lipinski definition) is 3. The van der Waals surface area contributed by atoms with E-state index >= 15 is 0 Å².